The van der Waals surface area contributed by atoms with E-state index in [1.807, 2.05) is 45.0 Å². The van der Waals surface area contributed by atoms with Crippen LogP contribution in [-0.4, -0.2) is 50.5 Å². The fourth-order valence-corrected chi connectivity index (χ4v) is 5.12. The largest absolute Gasteiger partial charge is 0.354 e. The number of hydrogen-bond donors (Lipinski definition) is 1. The molecule has 0 aliphatic rings. The molecule has 0 aliphatic carbocycles. The number of para-hydroxylation sites is 1. The number of aryl methyl sites for hydroxylation is 1. The Balaban J connectivity index is 2.43. The van der Waals surface area contributed by atoms with E-state index in [9.17, 15) is 18.0 Å². The molecule has 0 spiro atoms. The molecule has 2 amide bonds. The minimum absolute atomic E-state index is 0.207. The molecule has 0 bridgehead atoms. The van der Waals surface area contributed by atoms with Crippen molar-refractivity contribution in [2.75, 3.05) is 23.7 Å². The first-order valence-corrected chi connectivity index (χ1v) is 14.1. The predicted molar refractivity (Wildman–Crippen MR) is 140 cm³/mol. The number of hydrogen-bond acceptors (Lipinski definition) is 4. The maximum Gasteiger partial charge on any atom is 0.244 e. The van der Waals surface area contributed by atoms with Gasteiger partial charge in [-0.25, -0.2) is 8.42 Å². The number of nitrogens with zero attached hydrogens (tertiary/aromatic N) is 2. The number of nitrogens with one attached hydrogen (secondary N) is 1. The van der Waals surface area contributed by atoms with Crippen molar-refractivity contribution in [2.45, 2.75) is 52.6 Å². The molecule has 0 radical (unpaired) electrons. The van der Waals surface area contributed by atoms with Crippen molar-refractivity contribution in [3.8, 4) is 0 Å². The van der Waals surface area contributed by atoms with Gasteiger partial charge in [0.15, 0.2) is 0 Å². The summed E-state index contributed by atoms with van der Waals surface area (Å²) in [6.45, 7) is 6.17. The molecular weight excluding hydrogens is 518 g/mol. The fraction of sp³-hybridized carbons (Fsp3) is 0.440. The Kier molecular flexibility index (Phi) is 10.6. The van der Waals surface area contributed by atoms with Gasteiger partial charge < -0.3 is 10.2 Å². The Labute approximate surface area is 211 Å². The highest BCUT2D eigenvalue weighted by Gasteiger charge is 2.32. The van der Waals surface area contributed by atoms with E-state index in [1.165, 1.54) is 4.90 Å². The lowest BCUT2D eigenvalue weighted by Gasteiger charge is -2.33. The van der Waals surface area contributed by atoms with E-state index in [4.69, 9.17) is 0 Å². The molecule has 7 nitrogen and oxygen atoms in total. The van der Waals surface area contributed by atoms with E-state index >= 15 is 0 Å². The number of carbonyl (C=O) groups excluding carboxylic acids is 2. The van der Waals surface area contributed by atoms with Crippen LogP contribution in [0.15, 0.2) is 53.0 Å². The van der Waals surface area contributed by atoms with Crippen LogP contribution in [0.2, 0.25) is 0 Å². The first-order chi connectivity index (χ1) is 16.1. The van der Waals surface area contributed by atoms with Crippen LogP contribution in [0, 0.1) is 6.92 Å². The van der Waals surface area contributed by atoms with Gasteiger partial charge in [-0.05, 0) is 59.0 Å². The summed E-state index contributed by atoms with van der Waals surface area (Å²) in [6, 6.07) is 13.8. The highest BCUT2D eigenvalue weighted by Crippen LogP contribution is 2.28. The third kappa shape index (κ3) is 7.56. The Bertz CT molecular complexity index is 1090. The van der Waals surface area contributed by atoms with Gasteiger partial charge in [0.25, 0.3) is 0 Å². The van der Waals surface area contributed by atoms with Crippen LogP contribution < -0.4 is 9.62 Å². The second-order valence-electron chi connectivity index (χ2n) is 8.24. The second-order valence-corrected chi connectivity index (χ2v) is 11.0. The molecule has 0 aliphatic heterocycles. The molecule has 9 heteroatoms. The first kappa shape index (κ1) is 27.9. The maximum absolute atomic E-state index is 13.7. The van der Waals surface area contributed by atoms with Gasteiger partial charge in [0.2, 0.25) is 21.8 Å². The highest BCUT2D eigenvalue weighted by molar-refractivity contribution is 9.10. The molecule has 0 aromatic heterocycles. The van der Waals surface area contributed by atoms with Crippen LogP contribution in [0.25, 0.3) is 0 Å². The lowest BCUT2D eigenvalue weighted by molar-refractivity contribution is -0.140. The third-order valence-corrected chi connectivity index (χ3v) is 7.41. The van der Waals surface area contributed by atoms with Crippen molar-refractivity contribution in [2.24, 2.45) is 0 Å². The van der Waals surface area contributed by atoms with Gasteiger partial charge in [0, 0.05) is 17.6 Å². The summed E-state index contributed by atoms with van der Waals surface area (Å²) < 4.78 is 26.9. The number of carbonyl (C=O) groups is 2. The molecule has 0 fully saturated rings. The molecule has 2 aromatic rings. The SMILES string of the molecule is CCCCNC(=O)[C@H](CC)N(Cc1ccccc1C)C(=O)CN(c1ccccc1Br)S(C)(=O)=O. The van der Waals surface area contributed by atoms with Crippen molar-refractivity contribution in [1.29, 1.82) is 0 Å². The zero-order valence-corrected chi connectivity index (χ0v) is 22.7. The van der Waals surface area contributed by atoms with Crippen LogP contribution in [0.5, 0.6) is 0 Å². The van der Waals surface area contributed by atoms with E-state index in [2.05, 4.69) is 21.2 Å². The Morgan fingerprint density at radius 3 is 2.29 bits per heavy atom. The van der Waals surface area contributed by atoms with Gasteiger partial charge >= 0.3 is 0 Å². The summed E-state index contributed by atoms with van der Waals surface area (Å²) >= 11 is 3.39. The molecule has 0 heterocycles. The van der Waals surface area contributed by atoms with Crippen molar-refractivity contribution >= 4 is 43.5 Å². The maximum atomic E-state index is 13.7. The smallest absolute Gasteiger partial charge is 0.244 e. The fourth-order valence-electron chi connectivity index (χ4n) is 3.65. The molecule has 0 unspecified atom stereocenters. The number of benzene rings is 2. The van der Waals surface area contributed by atoms with Gasteiger partial charge in [-0.2, -0.15) is 0 Å². The molecule has 186 valence electrons. The Hall–Kier alpha value is -2.39. The average molecular weight is 553 g/mol. The Morgan fingerprint density at radius 2 is 1.71 bits per heavy atom. The van der Waals surface area contributed by atoms with Crippen LogP contribution >= 0.6 is 15.9 Å². The van der Waals surface area contributed by atoms with Crippen molar-refractivity contribution in [3.05, 3.63) is 64.1 Å². The van der Waals surface area contributed by atoms with Crippen molar-refractivity contribution in [1.82, 2.24) is 10.2 Å². The van der Waals surface area contributed by atoms with Crippen LogP contribution in [0.4, 0.5) is 5.69 Å². The summed E-state index contributed by atoms with van der Waals surface area (Å²) in [5.74, 6) is -0.674. The highest BCUT2D eigenvalue weighted by atomic mass is 79.9. The zero-order valence-electron chi connectivity index (χ0n) is 20.3. The predicted octanol–water partition coefficient (Wildman–Crippen LogP) is 4.25. The van der Waals surface area contributed by atoms with Gasteiger partial charge in [-0.15, -0.1) is 0 Å². The van der Waals surface area contributed by atoms with E-state index in [-0.39, 0.29) is 12.5 Å². The second kappa shape index (κ2) is 12.9. The van der Waals surface area contributed by atoms with Crippen molar-refractivity contribution in [3.63, 3.8) is 0 Å². The summed E-state index contributed by atoms with van der Waals surface area (Å²) in [7, 11) is -3.77. The van der Waals surface area contributed by atoms with Crippen LogP contribution in [0.1, 0.15) is 44.2 Å². The monoisotopic (exact) mass is 551 g/mol. The topological polar surface area (TPSA) is 86.8 Å². The van der Waals surface area contributed by atoms with Gasteiger partial charge in [-0.3, -0.25) is 13.9 Å². The number of unbranched alkanes of at least 4 members (excludes halogenated alkanes) is 1. The quantitative estimate of drug-likeness (QED) is 0.399. The van der Waals surface area contributed by atoms with E-state index < -0.39 is 28.5 Å². The van der Waals surface area contributed by atoms with Gasteiger partial charge in [0.1, 0.15) is 12.6 Å². The minimum Gasteiger partial charge on any atom is -0.354 e. The summed E-state index contributed by atoms with van der Waals surface area (Å²) in [5, 5.41) is 2.92. The summed E-state index contributed by atoms with van der Waals surface area (Å²) in [5.41, 5.74) is 2.27. The molecular formula is C25H34BrN3O4S. The zero-order chi connectivity index (χ0) is 25.3. The molecule has 34 heavy (non-hydrogen) atoms. The van der Waals surface area contributed by atoms with Crippen molar-refractivity contribution < 1.29 is 18.0 Å². The molecule has 2 rings (SSSR count). The van der Waals surface area contributed by atoms with E-state index in [0.717, 1.165) is 34.5 Å². The number of anilines is 1. The molecule has 1 atom stereocenters. The minimum atomic E-state index is -3.77. The summed E-state index contributed by atoms with van der Waals surface area (Å²) in [6.07, 6.45) is 3.26. The number of sulfonamides is 1. The normalized spacial score (nSPS) is 12.1. The van der Waals surface area contributed by atoms with E-state index in [0.29, 0.717) is 23.1 Å². The molecule has 0 saturated heterocycles. The average Bonchev–Trinajstić information content (AvgIpc) is 2.78. The van der Waals surface area contributed by atoms with Gasteiger partial charge in [0.05, 0.1) is 11.9 Å². The van der Waals surface area contributed by atoms with E-state index in [1.54, 1.807) is 24.3 Å². The molecule has 0 saturated carbocycles. The summed E-state index contributed by atoms with van der Waals surface area (Å²) in [4.78, 5) is 28.2. The number of halogens is 1. The number of rotatable bonds is 12. The van der Waals surface area contributed by atoms with Crippen LogP contribution in [0.3, 0.4) is 0 Å². The lowest BCUT2D eigenvalue weighted by atomic mass is 10.1. The first-order valence-electron chi connectivity index (χ1n) is 11.4. The van der Waals surface area contributed by atoms with Crippen LogP contribution in [-0.2, 0) is 26.2 Å². The number of amides is 2. The standard InChI is InChI=1S/C25H34BrN3O4S/c1-5-7-16-27-25(31)22(6-2)28(17-20-13-9-8-12-19(20)3)24(30)18-29(34(4,32)33)23-15-11-10-14-21(23)26/h8-15,22H,5-7,16-18H2,1-4H3,(H,27,31)/t22-/m0/s1. The molecule has 2 aromatic carbocycles. The molecule has 1 N–H and O–H groups in total. The van der Waals surface area contributed by atoms with Gasteiger partial charge in [-0.1, -0.05) is 56.7 Å². The third-order valence-electron chi connectivity index (χ3n) is 5.62. The Morgan fingerprint density at radius 1 is 1.06 bits per heavy atom. The lowest BCUT2D eigenvalue weighted by Crippen LogP contribution is -2.52.